The molecule has 0 unspecified atom stereocenters. The molecule has 0 aliphatic rings. The van der Waals surface area contributed by atoms with Crippen molar-refractivity contribution in [1.29, 1.82) is 0 Å². The molecule has 3 aromatic carbocycles. The van der Waals surface area contributed by atoms with Crippen LogP contribution in [-0.2, 0) is 0 Å². The van der Waals surface area contributed by atoms with Crippen LogP contribution in [0.25, 0.3) is 43.9 Å². The Balaban J connectivity index is 2.05. The van der Waals surface area contributed by atoms with E-state index in [1.165, 1.54) is 52.7 Å². The monoisotopic (exact) mass is 466 g/mol. The van der Waals surface area contributed by atoms with Gasteiger partial charge >= 0.3 is 0 Å². The highest BCUT2D eigenvalue weighted by atomic mass is 16.5. The van der Waals surface area contributed by atoms with E-state index in [1.54, 1.807) is 0 Å². The first-order valence-electron chi connectivity index (χ1n) is 9.93. The molecule has 0 saturated heterocycles. The molecule has 2 aromatic heterocycles. The summed E-state index contributed by atoms with van der Waals surface area (Å²) in [5.74, 6) is -0.396. The van der Waals surface area contributed by atoms with Gasteiger partial charge in [0.25, 0.3) is 0 Å². The summed E-state index contributed by atoms with van der Waals surface area (Å²) in [5, 5.41) is 21.4. The lowest BCUT2D eigenvalue weighted by molar-refractivity contribution is 0.395. The molecule has 5 rings (SSSR count). The Kier molecular flexibility index (Phi) is 4.67. The van der Waals surface area contributed by atoms with Gasteiger partial charge in [-0.3, -0.25) is 9.59 Å². The van der Waals surface area contributed by atoms with Crippen molar-refractivity contribution in [2.75, 3.05) is 28.4 Å². The number of benzene rings is 3. The maximum Gasteiger partial charge on any atom is 0.208 e. The molecule has 2 heterocycles. The van der Waals surface area contributed by atoms with Gasteiger partial charge in [0.1, 0.15) is 55.7 Å². The summed E-state index contributed by atoms with van der Waals surface area (Å²) in [4.78, 5) is 26.8. The number of fused-ring (bicyclic) bond motifs is 4. The third-order valence-corrected chi connectivity index (χ3v) is 5.68. The zero-order chi connectivity index (χ0) is 24.3. The normalized spacial score (nSPS) is 11.4. The summed E-state index contributed by atoms with van der Waals surface area (Å²) in [6.45, 7) is 0. The third-order valence-electron chi connectivity index (χ3n) is 5.68. The van der Waals surface area contributed by atoms with Crippen molar-refractivity contribution < 1.29 is 38.0 Å². The fourth-order valence-corrected chi connectivity index (χ4v) is 4.07. The molecule has 174 valence electrons. The Morgan fingerprint density at radius 3 is 1.29 bits per heavy atom. The molecule has 0 radical (unpaired) electrons. The van der Waals surface area contributed by atoms with Crippen molar-refractivity contribution in [1.82, 2.24) is 0 Å². The van der Waals surface area contributed by atoms with E-state index in [-0.39, 0.29) is 44.2 Å². The average Bonchev–Trinajstić information content (AvgIpc) is 2.85. The van der Waals surface area contributed by atoms with Gasteiger partial charge in [-0.1, -0.05) is 0 Å². The van der Waals surface area contributed by atoms with E-state index in [1.807, 2.05) is 0 Å². The summed E-state index contributed by atoms with van der Waals surface area (Å²) in [7, 11) is 5.58. The quantitative estimate of drug-likeness (QED) is 0.298. The number of aromatic hydroxyl groups is 2. The highest BCUT2D eigenvalue weighted by Crippen LogP contribution is 2.43. The number of hydrogen-bond acceptors (Lipinski definition) is 10. The van der Waals surface area contributed by atoms with Crippen LogP contribution in [0.2, 0.25) is 0 Å². The van der Waals surface area contributed by atoms with Crippen molar-refractivity contribution in [2.24, 2.45) is 0 Å². The molecule has 0 spiro atoms. The van der Waals surface area contributed by atoms with Gasteiger partial charge in [0.15, 0.2) is 22.7 Å². The largest absolute Gasteiger partial charge is 0.504 e. The average molecular weight is 466 g/mol. The van der Waals surface area contributed by atoms with Crippen LogP contribution in [0, 0.1) is 0 Å². The van der Waals surface area contributed by atoms with Crippen LogP contribution in [-0.4, -0.2) is 38.7 Å². The smallest absolute Gasteiger partial charge is 0.208 e. The van der Waals surface area contributed by atoms with Gasteiger partial charge in [0.2, 0.25) is 10.9 Å². The van der Waals surface area contributed by atoms with E-state index in [0.717, 1.165) is 0 Å². The third kappa shape index (κ3) is 2.75. The van der Waals surface area contributed by atoms with Crippen LogP contribution >= 0.6 is 0 Å². The first-order chi connectivity index (χ1) is 16.3. The van der Waals surface area contributed by atoms with Crippen molar-refractivity contribution in [2.45, 2.75) is 0 Å². The molecule has 0 amide bonds. The minimum absolute atomic E-state index is 0.0105. The summed E-state index contributed by atoms with van der Waals surface area (Å²) >= 11 is 0. The minimum Gasteiger partial charge on any atom is -0.504 e. The summed E-state index contributed by atoms with van der Waals surface area (Å²) in [5.41, 5.74) is -2.13. The molecular weight excluding hydrogens is 448 g/mol. The van der Waals surface area contributed by atoms with E-state index >= 15 is 0 Å². The van der Waals surface area contributed by atoms with Crippen LogP contribution in [0.5, 0.6) is 34.5 Å². The zero-order valence-electron chi connectivity index (χ0n) is 18.5. The lowest BCUT2D eigenvalue weighted by atomic mass is 10.0. The summed E-state index contributed by atoms with van der Waals surface area (Å²) in [6.07, 6.45) is 0. The van der Waals surface area contributed by atoms with E-state index in [2.05, 4.69) is 0 Å². The van der Waals surface area contributed by atoms with E-state index in [0.29, 0.717) is 11.5 Å². The molecule has 5 aromatic rings. The van der Waals surface area contributed by atoms with Gasteiger partial charge in [-0.05, 0) is 0 Å². The van der Waals surface area contributed by atoms with Crippen LogP contribution in [0.1, 0.15) is 0 Å². The van der Waals surface area contributed by atoms with Gasteiger partial charge in [-0.15, -0.1) is 0 Å². The number of phenols is 2. The van der Waals surface area contributed by atoms with Crippen LogP contribution in [0.3, 0.4) is 0 Å². The number of rotatable bonds is 4. The van der Waals surface area contributed by atoms with E-state index in [9.17, 15) is 19.8 Å². The second-order valence-corrected chi connectivity index (χ2v) is 7.37. The highest BCUT2D eigenvalue weighted by molar-refractivity contribution is 6.11. The molecule has 0 aliphatic carbocycles. The molecule has 10 heteroatoms. The highest BCUT2D eigenvalue weighted by Gasteiger charge is 2.27. The second-order valence-electron chi connectivity index (χ2n) is 7.37. The van der Waals surface area contributed by atoms with E-state index in [4.69, 9.17) is 27.8 Å². The number of ether oxygens (including phenoxy) is 4. The van der Waals surface area contributed by atoms with Crippen molar-refractivity contribution in [3.05, 3.63) is 44.7 Å². The first-order valence-corrected chi connectivity index (χ1v) is 9.93. The molecule has 2 N–H and O–H groups in total. The fraction of sp³-hybridized carbons (Fsp3) is 0.167. The molecule has 0 atom stereocenters. The molecule has 0 saturated carbocycles. The van der Waals surface area contributed by atoms with Gasteiger partial charge in [0.05, 0.1) is 28.4 Å². The molecule has 0 bridgehead atoms. The zero-order valence-corrected chi connectivity index (χ0v) is 18.5. The predicted octanol–water partition coefficient (Wildman–Crippen LogP) is 3.65. The summed E-state index contributed by atoms with van der Waals surface area (Å²) < 4.78 is 32.6. The van der Waals surface area contributed by atoms with E-state index < -0.39 is 33.5 Å². The number of hydrogen-bond donors (Lipinski definition) is 2. The Morgan fingerprint density at radius 1 is 0.588 bits per heavy atom. The van der Waals surface area contributed by atoms with Gasteiger partial charge in [-0.25, -0.2) is 0 Å². The maximum absolute atomic E-state index is 13.4. The van der Waals surface area contributed by atoms with Crippen molar-refractivity contribution in [3.63, 3.8) is 0 Å². The standard InChI is InChI=1S/C24H18O10/c1-29-9-5-11(31-3)15-13(7-9)33-23-17(19(15)25)22(28)24-18(21(23)27)20(26)16-12(32-4)6-10(30-2)8-14(16)34-24/h5-8,27-28H,1-4H3. The Labute approximate surface area is 190 Å². The van der Waals surface area contributed by atoms with Gasteiger partial charge in [0, 0.05) is 24.3 Å². The van der Waals surface area contributed by atoms with Gasteiger partial charge in [-0.2, -0.15) is 0 Å². The Bertz CT molecular complexity index is 1630. The van der Waals surface area contributed by atoms with Gasteiger partial charge < -0.3 is 38.0 Å². The number of methoxy groups -OCH3 is 4. The Hall–Kier alpha value is -4.60. The maximum atomic E-state index is 13.4. The van der Waals surface area contributed by atoms with Crippen LogP contribution in [0.15, 0.2) is 42.7 Å². The predicted molar refractivity (Wildman–Crippen MR) is 123 cm³/mol. The van der Waals surface area contributed by atoms with Crippen molar-refractivity contribution >= 4 is 43.9 Å². The molecule has 0 aliphatic heterocycles. The van der Waals surface area contributed by atoms with Crippen molar-refractivity contribution in [3.8, 4) is 34.5 Å². The fourth-order valence-electron chi connectivity index (χ4n) is 4.07. The Morgan fingerprint density at radius 2 is 0.971 bits per heavy atom. The minimum atomic E-state index is -0.698. The molecular formula is C24H18O10. The topological polar surface area (TPSA) is 138 Å². The second kappa shape index (κ2) is 7.48. The molecule has 0 fully saturated rings. The lowest BCUT2D eigenvalue weighted by Crippen LogP contribution is -2.09. The lowest BCUT2D eigenvalue weighted by Gasteiger charge is -2.13. The summed E-state index contributed by atoms with van der Waals surface area (Å²) in [6, 6.07) is 5.82. The molecule has 10 nitrogen and oxygen atoms in total. The van der Waals surface area contributed by atoms with Crippen LogP contribution in [0.4, 0.5) is 0 Å². The number of phenolic OH excluding ortho intramolecular Hbond substituents is 2. The first kappa shape index (κ1) is 21.3. The SMILES string of the molecule is COc1cc(OC)c2c(=O)c3c(O)c4oc5cc(OC)cc(OC)c5c(=O)c4c(O)c3oc2c1. The van der Waals surface area contributed by atoms with Crippen LogP contribution < -0.4 is 29.8 Å². The molecule has 34 heavy (non-hydrogen) atoms.